The third-order valence-corrected chi connectivity index (χ3v) is 11.2. The van der Waals surface area contributed by atoms with Gasteiger partial charge in [0.1, 0.15) is 34.4 Å². The minimum atomic E-state index is -0.675. The van der Waals surface area contributed by atoms with Crippen LogP contribution >= 0.6 is 0 Å². The van der Waals surface area contributed by atoms with E-state index in [1.807, 2.05) is 0 Å². The van der Waals surface area contributed by atoms with Crippen molar-refractivity contribution < 1.29 is 55.7 Å². The summed E-state index contributed by atoms with van der Waals surface area (Å²) in [6.07, 6.45) is 0. The molecule has 5 heterocycles. The molecule has 0 amide bonds. The van der Waals surface area contributed by atoms with E-state index in [0.717, 1.165) is 0 Å². The van der Waals surface area contributed by atoms with Crippen LogP contribution in [0.25, 0.3) is 66.9 Å². The van der Waals surface area contributed by atoms with Gasteiger partial charge < -0.3 is 28.9 Å². The van der Waals surface area contributed by atoms with Crippen molar-refractivity contribution >= 4 is 56.0 Å². The van der Waals surface area contributed by atoms with Crippen LogP contribution in [0.3, 0.4) is 0 Å². The molecule has 0 saturated heterocycles. The molecule has 0 N–H and O–H groups in total. The van der Waals surface area contributed by atoms with E-state index in [1.165, 1.54) is 52.7 Å². The number of ether oxygens (including phenoxy) is 4. The predicted octanol–water partition coefficient (Wildman–Crippen LogP) is 9.14. The summed E-state index contributed by atoms with van der Waals surface area (Å²) in [4.78, 5) is 69.5. The van der Waals surface area contributed by atoms with Gasteiger partial charge >= 0.3 is 28.5 Å². The summed E-state index contributed by atoms with van der Waals surface area (Å²) in [6, 6.07) is 29.7. The number of nitro groups is 4. The standard InChI is InChI=1S/C48H32N8O12.Cu/c1-65-29-13-5-25(6-14-29)41-33-21-38-46(54(59)60)43(27-9-17-31(67-3)18-10-27)35(50-38)23-40-48(56(63)64)44(28-11-19-32(68-4)20-12-28)36(52-40)24-39-47(55(61)62)42(26-7-15-30(66-2)16-8-26)34(51-39)22-37(49-33)45(41)53(57)58;/h5-24H,1-4H3;/q-2;+2. The van der Waals surface area contributed by atoms with Crippen LogP contribution in [0.4, 0.5) is 11.4 Å². The maximum absolute atomic E-state index is 13.3. The van der Waals surface area contributed by atoms with E-state index in [0.29, 0.717) is 23.0 Å². The normalized spacial score (nSPS) is 12.0. The molecule has 1 radical (unpaired) electrons. The second kappa shape index (κ2) is 18.6. The minimum Gasteiger partial charge on any atom is -0.651 e. The monoisotopic (exact) mass is 975 g/mol. The van der Waals surface area contributed by atoms with Crippen molar-refractivity contribution in [2.24, 2.45) is 0 Å². The minimum absolute atomic E-state index is 0. The van der Waals surface area contributed by atoms with Gasteiger partial charge in [0.15, 0.2) is 0 Å². The average Bonchev–Trinajstić information content (AvgIpc) is 4.09. The van der Waals surface area contributed by atoms with Gasteiger partial charge in [-0.25, -0.2) is 9.97 Å². The number of aromatic nitrogens is 4. The molecule has 0 fully saturated rings. The summed E-state index contributed by atoms with van der Waals surface area (Å²) in [5.74, 6) is 1.69. The molecule has 0 aliphatic carbocycles. The molecule has 0 atom stereocenters. The predicted molar refractivity (Wildman–Crippen MR) is 248 cm³/mol. The Bertz CT molecular complexity index is 3260. The number of methoxy groups -OCH3 is 4. The number of nitrogens with zero attached hydrogens (tertiary/aromatic N) is 8. The second-order valence-corrected chi connectivity index (χ2v) is 14.9. The van der Waals surface area contributed by atoms with Crippen LogP contribution in [0.2, 0.25) is 0 Å². The molecule has 2 aliphatic rings. The quantitative estimate of drug-likeness (QED) is 0.0627. The Morgan fingerprint density at radius 2 is 0.667 bits per heavy atom. The van der Waals surface area contributed by atoms with Crippen molar-refractivity contribution in [1.82, 2.24) is 19.9 Å². The summed E-state index contributed by atoms with van der Waals surface area (Å²) in [6.45, 7) is 0. The first-order valence-electron chi connectivity index (χ1n) is 20.2. The fourth-order valence-electron chi connectivity index (χ4n) is 8.20. The number of benzene rings is 4. The van der Waals surface area contributed by atoms with Crippen molar-refractivity contribution in [3.63, 3.8) is 0 Å². The molecule has 0 spiro atoms. The van der Waals surface area contributed by atoms with Gasteiger partial charge in [0.05, 0.1) is 70.7 Å². The summed E-state index contributed by atoms with van der Waals surface area (Å²) >= 11 is 0. The Kier molecular flexibility index (Phi) is 12.5. The fraction of sp³-hybridized carbons (Fsp3) is 0.0833. The number of rotatable bonds is 12. The zero-order chi connectivity index (χ0) is 48.0. The molecule has 20 nitrogen and oxygen atoms in total. The summed E-state index contributed by atoms with van der Waals surface area (Å²) in [7, 11) is 5.77. The van der Waals surface area contributed by atoms with Crippen molar-refractivity contribution in [3.05, 3.63) is 196 Å². The van der Waals surface area contributed by atoms with Gasteiger partial charge in [-0.15, -0.1) is 11.0 Å². The van der Waals surface area contributed by atoms with E-state index in [1.54, 1.807) is 97.1 Å². The molecular formula is C48H32CuN8O12. The smallest absolute Gasteiger partial charge is 0.651 e. The zero-order valence-electron chi connectivity index (χ0n) is 36.3. The van der Waals surface area contributed by atoms with E-state index >= 15 is 0 Å². The first kappa shape index (κ1) is 46.3. The molecule has 3 aromatic heterocycles. The SMILES string of the molecule is COc1ccc(C2=C([N+](=O)[O-])c3cc4[n-]c(cc5nc(cc6[n-]c(cc2n3)c([N+](=O)[O-])c6-c2ccc(OC)cc2)C([N+](=O)[O-])=C5c2ccc(OC)cc2)c([N+](=O)[O-])c4-c2ccc(OC)cc2)cc1.[Cu+2]. The summed E-state index contributed by atoms with van der Waals surface area (Å²) in [5, 5.41) is 53.4. The summed E-state index contributed by atoms with van der Waals surface area (Å²) < 4.78 is 21.3. The zero-order valence-corrected chi connectivity index (χ0v) is 37.3. The largest absolute Gasteiger partial charge is 2.00 e. The Labute approximate surface area is 399 Å². The molecule has 0 saturated carbocycles. The molecule has 21 heteroatoms. The van der Waals surface area contributed by atoms with Crippen LogP contribution in [-0.4, -0.2) is 58.1 Å². The van der Waals surface area contributed by atoms with Gasteiger partial charge in [0.25, 0.3) is 11.4 Å². The van der Waals surface area contributed by atoms with E-state index < -0.39 is 42.5 Å². The van der Waals surface area contributed by atoms with Crippen molar-refractivity contribution in [1.29, 1.82) is 0 Å². The molecule has 7 aromatic rings. The van der Waals surface area contributed by atoms with Gasteiger partial charge in [-0.1, -0.05) is 59.6 Å². The molecule has 9 rings (SSSR count). The van der Waals surface area contributed by atoms with E-state index in [-0.39, 0.29) is 106 Å². The van der Waals surface area contributed by atoms with Gasteiger partial charge in [0.2, 0.25) is 0 Å². The second-order valence-electron chi connectivity index (χ2n) is 14.9. The Balaban J connectivity index is 0.00000642. The van der Waals surface area contributed by atoms with Gasteiger partial charge in [-0.2, -0.15) is 0 Å². The van der Waals surface area contributed by atoms with E-state index in [4.69, 9.17) is 38.9 Å². The first-order valence-corrected chi connectivity index (χ1v) is 20.2. The Morgan fingerprint density at radius 3 is 0.928 bits per heavy atom. The molecular weight excluding hydrogens is 944 g/mol. The average molecular weight is 976 g/mol. The van der Waals surface area contributed by atoms with E-state index in [2.05, 4.69) is 0 Å². The van der Waals surface area contributed by atoms with Gasteiger partial charge in [-0.05, 0) is 95.1 Å². The maximum atomic E-state index is 13.3. The molecule has 347 valence electrons. The fourth-order valence-corrected chi connectivity index (χ4v) is 8.20. The van der Waals surface area contributed by atoms with Crippen LogP contribution in [0.5, 0.6) is 23.0 Å². The van der Waals surface area contributed by atoms with Crippen molar-refractivity contribution in [2.45, 2.75) is 0 Å². The molecule has 69 heavy (non-hydrogen) atoms. The molecule has 4 aromatic carbocycles. The first-order chi connectivity index (χ1) is 32.8. The third kappa shape index (κ3) is 8.34. The number of fused-ring (bicyclic) bond motifs is 8. The van der Waals surface area contributed by atoms with Gasteiger partial charge in [-0.3, -0.25) is 40.5 Å². The maximum Gasteiger partial charge on any atom is 2.00 e. The Morgan fingerprint density at radius 1 is 0.391 bits per heavy atom. The molecule has 0 unspecified atom stereocenters. The third-order valence-electron chi connectivity index (χ3n) is 11.2. The van der Waals surface area contributed by atoms with Crippen LogP contribution < -0.4 is 28.9 Å². The van der Waals surface area contributed by atoms with Gasteiger partial charge in [0, 0.05) is 11.1 Å². The number of hydrogen-bond acceptors (Lipinski definition) is 14. The van der Waals surface area contributed by atoms with Crippen LogP contribution in [0.15, 0.2) is 121 Å². The Hall–Kier alpha value is -9.20. The van der Waals surface area contributed by atoms with Crippen LogP contribution in [0.1, 0.15) is 33.9 Å². The topological polar surface area (TPSA) is 263 Å². The molecule has 2 aliphatic heterocycles. The molecule has 8 bridgehead atoms. The van der Waals surface area contributed by atoms with E-state index in [9.17, 15) is 40.5 Å². The van der Waals surface area contributed by atoms with Crippen LogP contribution in [-0.2, 0) is 17.1 Å². The van der Waals surface area contributed by atoms with Crippen molar-refractivity contribution in [3.8, 4) is 45.3 Å². The van der Waals surface area contributed by atoms with Crippen LogP contribution in [0, 0.1) is 40.5 Å². The van der Waals surface area contributed by atoms with Crippen molar-refractivity contribution in [2.75, 3.05) is 28.4 Å². The summed E-state index contributed by atoms with van der Waals surface area (Å²) in [5.41, 5.74) is -3.36. The number of hydrogen-bond donors (Lipinski definition) is 0.